The second kappa shape index (κ2) is 44.6. The summed E-state index contributed by atoms with van der Waals surface area (Å²) in [7, 11) is 1.89. The lowest BCUT2D eigenvalue weighted by Gasteiger charge is -2.22. The van der Waals surface area contributed by atoms with Crippen LogP contribution in [0.15, 0.2) is 12.7 Å². The summed E-state index contributed by atoms with van der Waals surface area (Å²) in [4.78, 5) is 41.4. The maximum absolute atomic E-state index is 12.4. The van der Waals surface area contributed by atoms with Crippen LogP contribution >= 0.6 is 0 Å². The second-order valence-corrected chi connectivity index (χ2v) is 18.2. The van der Waals surface area contributed by atoms with Crippen molar-refractivity contribution in [2.45, 2.75) is 265 Å². The predicted octanol–water partition coefficient (Wildman–Crippen LogP) is 14.9. The molecule has 0 radical (unpaired) electrons. The van der Waals surface area contributed by atoms with Gasteiger partial charge in [-0.3, -0.25) is 4.79 Å². The highest BCUT2D eigenvalue weighted by atomic mass is 16.5. The van der Waals surface area contributed by atoms with E-state index in [9.17, 15) is 9.59 Å². The van der Waals surface area contributed by atoms with E-state index in [0.29, 0.717) is 24.6 Å². The summed E-state index contributed by atoms with van der Waals surface area (Å²) in [5.41, 5.74) is 1.54. The van der Waals surface area contributed by atoms with E-state index in [1.54, 1.807) is 12.7 Å². The van der Waals surface area contributed by atoms with Crippen LogP contribution in [0.4, 0.5) is 5.82 Å². The predicted molar refractivity (Wildman–Crippen MR) is 268 cm³/mol. The lowest BCUT2D eigenvalue weighted by molar-refractivity contribution is -0.149. The van der Waals surface area contributed by atoms with Gasteiger partial charge in [-0.05, 0) is 83.8 Å². The molecule has 0 fully saturated rings. The largest absolute Gasteiger partial charge is 0.462 e. The number of aldehydes is 1. The van der Waals surface area contributed by atoms with Gasteiger partial charge in [0.05, 0.1) is 12.4 Å². The molecule has 0 spiro atoms. The Morgan fingerprint density at radius 2 is 1.11 bits per heavy atom. The molecule has 1 unspecified atom stereocenters. The van der Waals surface area contributed by atoms with Gasteiger partial charge in [0, 0.05) is 26.5 Å². The van der Waals surface area contributed by atoms with Crippen molar-refractivity contribution in [3.8, 4) is 0 Å². The first-order valence-electron chi connectivity index (χ1n) is 26.8. The quantitative estimate of drug-likeness (QED) is 0.0380. The summed E-state index contributed by atoms with van der Waals surface area (Å²) in [6, 6.07) is 0. The number of H-pyrrole nitrogens is 1. The number of anilines is 1. The molecule has 2 aromatic heterocycles. The molecular formula is C53H100N6O4. The van der Waals surface area contributed by atoms with E-state index in [4.69, 9.17) is 9.47 Å². The second-order valence-electron chi connectivity index (χ2n) is 18.2. The Kier molecular flexibility index (Phi) is 41.4. The number of nitrogens with zero attached hydrogens (tertiary/aromatic N) is 4. The van der Waals surface area contributed by atoms with Gasteiger partial charge < -0.3 is 29.5 Å². The molecule has 10 heteroatoms. The molecule has 63 heavy (non-hydrogen) atoms. The Labute approximate surface area is 387 Å². The summed E-state index contributed by atoms with van der Waals surface area (Å²) in [5.74, 6) is 0.797. The molecule has 2 heterocycles. The minimum Gasteiger partial charge on any atom is -0.462 e. The molecular weight excluding hydrogens is 785 g/mol. The number of aromatic amines is 1. The molecule has 0 aliphatic heterocycles. The average Bonchev–Trinajstić information content (AvgIpc) is 3.79. The zero-order valence-electron chi connectivity index (χ0n) is 41.9. The minimum absolute atomic E-state index is 0.0102. The van der Waals surface area contributed by atoms with Crippen molar-refractivity contribution in [2.75, 3.05) is 38.6 Å². The fourth-order valence-electron chi connectivity index (χ4n) is 8.40. The molecule has 10 nitrogen and oxygen atoms in total. The van der Waals surface area contributed by atoms with Gasteiger partial charge in [0.15, 0.2) is 11.5 Å². The fourth-order valence-corrected chi connectivity index (χ4v) is 8.40. The average molecular weight is 885 g/mol. The van der Waals surface area contributed by atoms with Gasteiger partial charge in [0.25, 0.3) is 0 Å². The summed E-state index contributed by atoms with van der Waals surface area (Å²) in [6.07, 6.45) is 47.3. The number of fused-ring (bicyclic) bond motifs is 1. The van der Waals surface area contributed by atoms with Crippen LogP contribution in [0.5, 0.6) is 0 Å². The number of aromatic nitrogens is 4. The first kappa shape index (κ1) is 58.4. The number of hydrogen-bond donors (Lipinski definition) is 2. The lowest BCUT2D eigenvalue weighted by Crippen LogP contribution is -2.28. The normalized spacial score (nSPS) is 11.9. The van der Waals surface area contributed by atoms with Crippen molar-refractivity contribution in [1.82, 2.24) is 24.8 Å². The van der Waals surface area contributed by atoms with Gasteiger partial charge in [0.2, 0.25) is 0 Å². The molecule has 366 valence electrons. The van der Waals surface area contributed by atoms with Crippen LogP contribution in [0.3, 0.4) is 0 Å². The van der Waals surface area contributed by atoms with Gasteiger partial charge in [-0.2, -0.15) is 0 Å². The van der Waals surface area contributed by atoms with E-state index in [-0.39, 0.29) is 12.1 Å². The molecule has 0 bridgehead atoms. The van der Waals surface area contributed by atoms with E-state index >= 15 is 0 Å². The summed E-state index contributed by atoms with van der Waals surface area (Å²) >= 11 is 0. The standard InChI is InChI=1S/C35H62N6O3.C18H38O/c1-3-5-6-7-11-16-22-31(4-2)44-32(43)23-17-12-10-14-19-26-41(25-18-13-8-9-15-20-28-42)27-21-24-36-34-33-35(38-29-37-33)40-30-39-34;1-4-6-8-10-12-14-16-18(19-3)17-15-13-11-9-7-5-2/h28-31H,3-27H2,1-2H3,(H2,36,37,38,39,40);18H,4-17H2,1-3H3. The molecule has 0 aliphatic carbocycles. The van der Waals surface area contributed by atoms with Gasteiger partial charge in [-0.1, -0.05) is 175 Å². The SMILES string of the molecule is CCCCCCCCC(CC)OC(=O)CCCCCCCN(CCCCCCCC=O)CCCNc1ncnc2nc[nH]c12.CCCCCCCCC(CCCCCCCC)OC. The number of carbonyl (C=O) groups excluding carboxylic acids is 2. The molecule has 0 saturated heterocycles. The Hall–Kier alpha value is -2.59. The number of methoxy groups -OCH3 is 1. The summed E-state index contributed by atoms with van der Waals surface area (Å²) in [5, 5.41) is 3.44. The zero-order valence-corrected chi connectivity index (χ0v) is 41.9. The van der Waals surface area contributed by atoms with Gasteiger partial charge in [0.1, 0.15) is 24.2 Å². The summed E-state index contributed by atoms with van der Waals surface area (Å²) in [6.45, 7) is 13.1. The zero-order chi connectivity index (χ0) is 45.7. The number of esters is 1. The Morgan fingerprint density at radius 1 is 0.619 bits per heavy atom. The Balaban J connectivity index is 0.000000875. The maximum Gasteiger partial charge on any atom is 0.306 e. The van der Waals surface area contributed by atoms with Crippen molar-refractivity contribution in [1.29, 1.82) is 0 Å². The molecule has 0 saturated carbocycles. The third-order valence-electron chi connectivity index (χ3n) is 12.5. The van der Waals surface area contributed by atoms with Crippen LogP contribution in [0.1, 0.15) is 252 Å². The number of unbranched alkanes of at least 4 members (excludes halogenated alkanes) is 24. The van der Waals surface area contributed by atoms with Crippen LogP contribution in [-0.4, -0.2) is 82.6 Å². The van der Waals surface area contributed by atoms with Crippen LogP contribution < -0.4 is 5.32 Å². The van der Waals surface area contributed by atoms with Crippen molar-refractivity contribution in [2.24, 2.45) is 0 Å². The highest BCUT2D eigenvalue weighted by Crippen LogP contribution is 2.18. The topological polar surface area (TPSA) is 122 Å². The highest BCUT2D eigenvalue weighted by molar-refractivity contribution is 5.81. The third-order valence-corrected chi connectivity index (χ3v) is 12.5. The maximum atomic E-state index is 12.4. The van der Waals surface area contributed by atoms with Crippen molar-refractivity contribution in [3.63, 3.8) is 0 Å². The van der Waals surface area contributed by atoms with Crippen LogP contribution in [0.2, 0.25) is 0 Å². The van der Waals surface area contributed by atoms with Gasteiger partial charge >= 0.3 is 5.97 Å². The van der Waals surface area contributed by atoms with Gasteiger partial charge in [-0.25, -0.2) is 15.0 Å². The fraction of sp³-hybridized carbons (Fsp3) is 0.868. The highest BCUT2D eigenvalue weighted by Gasteiger charge is 2.13. The third kappa shape index (κ3) is 34.4. The van der Waals surface area contributed by atoms with Gasteiger partial charge in [-0.15, -0.1) is 0 Å². The van der Waals surface area contributed by atoms with Crippen LogP contribution in [0.25, 0.3) is 11.2 Å². The molecule has 2 N–H and O–H groups in total. The monoisotopic (exact) mass is 885 g/mol. The minimum atomic E-state index is -0.0102. The summed E-state index contributed by atoms with van der Waals surface area (Å²) < 4.78 is 11.4. The smallest absolute Gasteiger partial charge is 0.306 e. The molecule has 1 atom stereocenters. The molecule has 0 amide bonds. The number of rotatable bonds is 45. The molecule has 0 aromatic carbocycles. The van der Waals surface area contributed by atoms with E-state index in [1.807, 2.05) is 7.11 Å². The van der Waals surface area contributed by atoms with Crippen molar-refractivity contribution in [3.05, 3.63) is 12.7 Å². The Morgan fingerprint density at radius 3 is 1.65 bits per heavy atom. The Bertz CT molecular complexity index is 1260. The van der Waals surface area contributed by atoms with Crippen LogP contribution in [0, 0.1) is 0 Å². The first-order valence-corrected chi connectivity index (χ1v) is 26.8. The molecule has 0 aliphatic rings. The van der Waals surface area contributed by atoms with Crippen LogP contribution in [-0.2, 0) is 19.1 Å². The number of hydrogen-bond acceptors (Lipinski definition) is 9. The number of imidazole rings is 1. The number of nitrogens with one attached hydrogen (secondary N) is 2. The molecule has 2 rings (SSSR count). The van der Waals surface area contributed by atoms with E-state index in [2.05, 4.69) is 57.8 Å². The van der Waals surface area contributed by atoms with E-state index in [1.165, 1.54) is 167 Å². The van der Waals surface area contributed by atoms with E-state index in [0.717, 1.165) is 88.7 Å². The first-order chi connectivity index (χ1) is 31.0. The molecule has 2 aromatic rings. The number of carbonyl (C=O) groups is 2. The van der Waals surface area contributed by atoms with Crippen molar-refractivity contribution >= 4 is 29.2 Å². The van der Waals surface area contributed by atoms with E-state index < -0.39 is 0 Å². The van der Waals surface area contributed by atoms with Crippen molar-refractivity contribution < 1.29 is 19.1 Å². The number of ether oxygens (including phenoxy) is 2. The lowest BCUT2D eigenvalue weighted by atomic mass is 10.0.